The van der Waals surface area contributed by atoms with E-state index < -0.39 is 12.0 Å². The highest BCUT2D eigenvalue weighted by Gasteiger charge is 2.24. The first kappa shape index (κ1) is 19.4. The van der Waals surface area contributed by atoms with Gasteiger partial charge in [-0.3, -0.25) is 0 Å². The van der Waals surface area contributed by atoms with Crippen molar-refractivity contribution in [3.05, 3.63) is 53.1 Å². The summed E-state index contributed by atoms with van der Waals surface area (Å²) >= 11 is 0. The van der Waals surface area contributed by atoms with Crippen molar-refractivity contribution < 1.29 is 14.3 Å². The average Bonchev–Trinajstić information content (AvgIpc) is 3.06. The number of amides is 1. The molecule has 2 aromatic heterocycles. The average molecular weight is 395 g/mol. The van der Waals surface area contributed by atoms with Gasteiger partial charge in [-0.25, -0.2) is 9.78 Å². The molecule has 3 heterocycles. The quantitative estimate of drug-likeness (QED) is 0.562. The molecule has 0 aliphatic carbocycles. The number of piperidine rings is 1. The summed E-state index contributed by atoms with van der Waals surface area (Å²) in [5, 5.41) is 10.3. The molecule has 6 heteroatoms. The number of benzene rings is 1. The Labute approximate surface area is 169 Å². The van der Waals surface area contributed by atoms with Gasteiger partial charge in [0.25, 0.3) is 0 Å². The zero-order valence-electron chi connectivity index (χ0n) is 17.0. The Morgan fingerprint density at radius 2 is 1.97 bits per heavy atom. The number of halogens is 1. The number of pyridine rings is 1. The lowest BCUT2D eigenvalue weighted by Gasteiger charge is -2.30. The van der Waals surface area contributed by atoms with Crippen molar-refractivity contribution in [1.29, 1.82) is 0 Å². The van der Waals surface area contributed by atoms with E-state index in [2.05, 4.69) is 42.0 Å². The normalized spacial score (nSPS) is 15.4. The number of H-pyrrole nitrogens is 1. The number of carboxylic acid groups (broad SMARTS) is 1. The van der Waals surface area contributed by atoms with Gasteiger partial charge in [0.05, 0.1) is 5.69 Å². The number of carbonyl (C=O) groups is 1. The fraction of sp³-hybridized carbons (Fsp3) is 0.391. The second-order valence-corrected chi connectivity index (χ2v) is 8.24. The lowest BCUT2D eigenvalue weighted by Crippen LogP contribution is -2.36. The van der Waals surface area contributed by atoms with E-state index >= 15 is 0 Å². The minimum atomic E-state index is -0.837. The Kier molecular flexibility index (Phi) is 5.03. The molecule has 0 unspecified atom stereocenters. The molecular weight excluding hydrogens is 369 g/mol. The van der Waals surface area contributed by atoms with Crippen molar-refractivity contribution in [3.8, 4) is 11.3 Å². The molecule has 0 radical (unpaired) electrons. The summed E-state index contributed by atoms with van der Waals surface area (Å²) in [5.41, 5.74) is 5.86. The van der Waals surface area contributed by atoms with Crippen molar-refractivity contribution in [3.63, 3.8) is 0 Å². The van der Waals surface area contributed by atoms with Gasteiger partial charge in [-0.15, -0.1) is 0 Å². The Morgan fingerprint density at radius 3 is 2.59 bits per heavy atom. The number of nitrogens with zero attached hydrogens (tertiary/aromatic N) is 2. The van der Waals surface area contributed by atoms with Crippen LogP contribution in [-0.4, -0.2) is 39.2 Å². The lowest BCUT2D eigenvalue weighted by molar-refractivity contribution is 0.132. The summed E-state index contributed by atoms with van der Waals surface area (Å²) in [4.78, 5) is 20.0. The number of aryl methyl sites for hydroxylation is 1. The SMILES string of the molecule is Cc1cc(-c2[nH]c3ccc(C4CCN(C(=O)O)CC4)cc3c2C(C)C)cc(F)n1. The molecule has 2 N–H and O–H groups in total. The summed E-state index contributed by atoms with van der Waals surface area (Å²) in [6.07, 6.45) is 0.831. The van der Waals surface area contributed by atoms with Crippen LogP contribution in [0.3, 0.4) is 0 Å². The molecule has 0 spiro atoms. The van der Waals surface area contributed by atoms with E-state index in [4.69, 9.17) is 0 Å². The molecule has 0 atom stereocenters. The van der Waals surface area contributed by atoms with E-state index in [1.54, 1.807) is 6.92 Å². The van der Waals surface area contributed by atoms with Crippen LogP contribution in [0.4, 0.5) is 9.18 Å². The fourth-order valence-electron chi connectivity index (χ4n) is 4.49. The maximum absolute atomic E-state index is 13.9. The van der Waals surface area contributed by atoms with Gasteiger partial charge in [0.15, 0.2) is 0 Å². The van der Waals surface area contributed by atoms with Crippen molar-refractivity contribution >= 4 is 17.0 Å². The molecule has 1 amide bonds. The van der Waals surface area contributed by atoms with Crippen LogP contribution in [0.15, 0.2) is 30.3 Å². The van der Waals surface area contributed by atoms with Crippen molar-refractivity contribution in [1.82, 2.24) is 14.9 Å². The minimum Gasteiger partial charge on any atom is -0.465 e. The largest absolute Gasteiger partial charge is 0.465 e. The second-order valence-electron chi connectivity index (χ2n) is 8.24. The second kappa shape index (κ2) is 7.50. The fourth-order valence-corrected chi connectivity index (χ4v) is 4.49. The molecule has 1 aromatic carbocycles. The van der Waals surface area contributed by atoms with Gasteiger partial charge in [0, 0.05) is 41.3 Å². The molecule has 1 saturated heterocycles. The number of likely N-dealkylation sites (tertiary alicyclic amines) is 1. The molecule has 152 valence electrons. The van der Waals surface area contributed by atoms with Gasteiger partial charge >= 0.3 is 6.09 Å². The number of aromatic nitrogens is 2. The van der Waals surface area contributed by atoms with E-state index in [-0.39, 0.29) is 5.92 Å². The van der Waals surface area contributed by atoms with Gasteiger partial charge in [-0.05, 0) is 60.9 Å². The van der Waals surface area contributed by atoms with Crippen LogP contribution in [-0.2, 0) is 0 Å². The van der Waals surface area contributed by atoms with Crippen molar-refractivity contribution in [2.75, 3.05) is 13.1 Å². The van der Waals surface area contributed by atoms with Crippen LogP contribution in [0.5, 0.6) is 0 Å². The topological polar surface area (TPSA) is 69.2 Å². The predicted octanol–water partition coefficient (Wildman–Crippen LogP) is 5.66. The zero-order valence-corrected chi connectivity index (χ0v) is 17.0. The molecule has 29 heavy (non-hydrogen) atoms. The Balaban J connectivity index is 1.75. The third kappa shape index (κ3) is 3.71. The van der Waals surface area contributed by atoms with Gasteiger partial charge in [0.2, 0.25) is 5.95 Å². The van der Waals surface area contributed by atoms with E-state index in [0.29, 0.717) is 24.7 Å². The van der Waals surface area contributed by atoms with Crippen molar-refractivity contribution in [2.45, 2.75) is 45.4 Å². The van der Waals surface area contributed by atoms with Gasteiger partial charge in [0.1, 0.15) is 0 Å². The molecule has 1 aliphatic rings. The van der Waals surface area contributed by atoms with Crippen LogP contribution in [0.25, 0.3) is 22.2 Å². The molecular formula is C23H26FN3O2. The third-order valence-corrected chi connectivity index (χ3v) is 5.89. The van der Waals surface area contributed by atoms with E-state index in [1.807, 2.05) is 6.07 Å². The van der Waals surface area contributed by atoms with Crippen molar-refractivity contribution in [2.24, 2.45) is 0 Å². The van der Waals surface area contributed by atoms with Crippen LogP contribution in [0.1, 0.15) is 55.3 Å². The standard InChI is InChI=1S/C23H26FN3O2/c1-13(2)21-18-11-16(15-6-8-27(9-7-15)23(28)29)4-5-19(18)26-22(21)17-10-14(3)25-20(24)12-17/h4-5,10-13,15,26H,6-9H2,1-3H3,(H,28,29). The molecule has 0 saturated carbocycles. The Hall–Kier alpha value is -2.89. The van der Waals surface area contributed by atoms with Crippen LogP contribution < -0.4 is 0 Å². The summed E-state index contributed by atoms with van der Waals surface area (Å²) in [6.45, 7) is 7.24. The van der Waals surface area contributed by atoms with Crippen LogP contribution >= 0.6 is 0 Å². The first-order valence-electron chi connectivity index (χ1n) is 10.1. The number of hydrogen-bond donors (Lipinski definition) is 2. The highest BCUT2D eigenvalue weighted by atomic mass is 19.1. The summed E-state index contributed by atoms with van der Waals surface area (Å²) in [7, 11) is 0. The monoisotopic (exact) mass is 395 g/mol. The molecule has 4 rings (SSSR count). The number of fused-ring (bicyclic) bond motifs is 1. The highest BCUT2D eigenvalue weighted by molar-refractivity contribution is 5.92. The molecule has 3 aromatic rings. The molecule has 1 fully saturated rings. The lowest BCUT2D eigenvalue weighted by atomic mass is 9.87. The molecule has 0 bridgehead atoms. The number of hydrogen-bond acceptors (Lipinski definition) is 2. The van der Waals surface area contributed by atoms with Gasteiger partial charge < -0.3 is 15.0 Å². The van der Waals surface area contributed by atoms with E-state index in [9.17, 15) is 14.3 Å². The summed E-state index contributed by atoms with van der Waals surface area (Å²) in [5.74, 6) is 0.146. The maximum atomic E-state index is 13.9. The van der Waals surface area contributed by atoms with Gasteiger partial charge in [-0.1, -0.05) is 19.9 Å². The van der Waals surface area contributed by atoms with Crippen LogP contribution in [0.2, 0.25) is 0 Å². The summed E-state index contributed by atoms with van der Waals surface area (Å²) in [6, 6.07) is 9.84. The van der Waals surface area contributed by atoms with E-state index in [0.717, 1.165) is 35.0 Å². The summed E-state index contributed by atoms with van der Waals surface area (Å²) < 4.78 is 13.9. The van der Waals surface area contributed by atoms with E-state index in [1.165, 1.54) is 22.1 Å². The minimum absolute atomic E-state index is 0.263. The maximum Gasteiger partial charge on any atom is 0.407 e. The number of aromatic amines is 1. The first-order valence-corrected chi connectivity index (χ1v) is 10.1. The molecule has 5 nitrogen and oxygen atoms in total. The van der Waals surface area contributed by atoms with Crippen LogP contribution in [0, 0.1) is 12.9 Å². The predicted molar refractivity (Wildman–Crippen MR) is 112 cm³/mol. The smallest absolute Gasteiger partial charge is 0.407 e. The molecule has 1 aliphatic heterocycles. The zero-order chi connectivity index (χ0) is 20.7. The number of nitrogens with one attached hydrogen (secondary N) is 1. The Morgan fingerprint density at radius 1 is 1.24 bits per heavy atom. The first-order chi connectivity index (χ1) is 13.8. The Bertz CT molecular complexity index is 1050. The third-order valence-electron chi connectivity index (χ3n) is 5.89. The van der Waals surface area contributed by atoms with Gasteiger partial charge in [-0.2, -0.15) is 4.39 Å². The number of rotatable bonds is 3. The highest BCUT2D eigenvalue weighted by Crippen LogP contribution is 2.38.